The van der Waals surface area contributed by atoms with E-state index in [4.69, 9.17) is 21.6 Å². The first-order valence-corrected chi connectivity index (χ1v) is 10.7. The number of nitrogens with zero attached hydrogens (tertiary/aromatic N) is 5. The molecule has 0 aliphatic carbocycles. The Bertz CT molecular complexity index is 1430. The van der Waals surface area contributed by atoms with Crippen molar-refractivity contribution in [2.75, 3.05) is 31.1 Å². The SMILES string of the molecule is NOc1cc2nc(-c3ccccn3)[nH]c2cc1-c1nc2ccc(N3CCN(N)CC3)cc2[nH]1. The number of benzene rings is 2. The van der Waals surface area contributed by atoms with E-state index in [1.807, 2.05) is 35.3 Å². The lowest BCUT2D eigenvalue weighted by molar-refractivity contribution is 0.266. The van der Waals surface area contributed by atoms with Crippen molar-refractivity contribution in [3.63, 3.8) is 0 Å². The zero-order chi connectivity index (χ0) is 22.4. The van der Waals surface area contributed by atoms with Crippen LogP contribution in [0.4, 0.5) is 5.69 Å². The minimum absolute atomic E-state index is 0.486. The molecule has 3 aromatic heterocycles. The van der Waals surface area contributed by atoms with Crippen LogP contribution in [0.3, 0.4) is 0 Å². The molecule has 10 nitrogen and oxygen atoms in total. The molecular formula is C23H23N9O. The quantitative estimate of drug-likeness (QED) is 0.246. The zero-order valence-electron chi connectivity index (χ0n) is 17.8. The van der Waals surface area contributed by atoms with Crippen LogP contribution in [0.2, 0.25) is 0 Å². The van der Waals surface area contributed by atoms with Crippen LogP contribution < -0.4 is 21.5 Å². The first-order chi connectivity index (χ1) is 16.2. The third kappa shape index (κ3) is 3.55. The van der Waals surface area contributed by atoms with Crippen LogP contribution in [-0.4, -0.2) is 56.1 Å². The molecule has 0 unspecified atom stereocenters. The number of aromatic nitrogens is 5. The molecule has 10 heteroatoms. The molecule has 1 aliphatic rings. The number of hydrogen-bond donors (Lipinski definition) is 4. The van der Waals surface area contributed by atoms with Gasteiger partial charge in [0.2, 0.25) is 0 Å². The zero-order valence-corrected chi connectivity index (χ0v) is 17.8. The second-order valence-electron chi connectivity index (χ2n) is 8.09. The van der Waals surface area contributed by atoms with E-state index in [9.17, 15) is 0 Å². The van der Waals surface area contributed by atoms with Crippen LogP contribution in [0.15, 0.2) is 54.7 Å². The maximum Gasteiger partial charge on any atom is 0.160 e. The smallest absolute Gasteiger partial charge is 0.160 e. The number of hydrogen-bond acceptors (Lipinski definition) is 8. The van der Waals surface area contributed by atoms with E-state index in [0.29, 0.717) is 17.4 Å². The molecule has 0 amide bonds. The van der Waals surface area contributed by atoms with E-state index in [2.05, 4.69) is 37.0 Å². The molecule has 4 heterocycles. The topological polar surface area (TPSA) is 138 Å². The summed E-state index contributed by atoms with van der Waals surface area (Å²) in [5, 5.41) is 1.85. The van der Waals surface area contributed by atoms with Crippen molar-refractivity contribution in [3.8, 4) is 28.7 Å². The average molecular weight is 441 g/mol. The molecule has 0 radical (unpaired) electrons. The first kappa shape index (κ1) is 19.7. The predicted octanol–water partition coefficient (Wildman–Crippen LogP) is 2.42. The van der Waals surface area contributed by atoms with Gasteiger partial charge in [0.25, 0.3) is 0 Å². The largest absolute Gasteiger partial charge is 0.411 e. The molecule has 1 aliphatic heterocycles. The van der Waals surface area contributed by atoms with E-state index in [0.717, 1.165) is 65.2 Å². The summed E-state index contributed by atoms with van der Waals surface area (Å²) in [6.45, 7) is 3.47. The number of nitrogens with one attached hydrogen (secondary N) is 2. The van der Waals surface area contributed by atoms with Gasteiger partial charge in [-0.25, -0.2) is 15.0 Å². The molecule has 2 aromatic carbocycles. The summed E-state index contributed by atoms with van der Waals surface area (Å²) < 4.78 is 0. The van der Waals surface area contributed by atoms with Crippen molar-refractivity contribution in [1.82, 2.24) is 29.9 Å². The fraction of sp³-hybridized carbons (Fsp3) is 0.174. The van der Waals surface area contributed by atoms with Gasteiger partial charge in [-0.1, -0.05) is 6.07 Å². The van der Waals surface area contributed by atoms with Crippen molar-refractivity contribution >= 4 is 27.8 Å². The predicted molar refractivity (Wildman–Crippen MR) is 127 cm³/mol. The van der Waals surface area contributed by atoms with Crippen molar-refractivity contribution in [2.24, 2.45) is 11.7 Å². The number of piperazine rings is 1. The molecule has 6 N–H and O–H groups in total. The second-order valence-corrected chi connectivity index (χ2v) is 8.09. The highest BCUT2D eigenvalue weighted by Crippen LogP contribution is 2.34. The first-order valence-electron chi connectivity index (χ1n) is 10.7. The molecule has 5 aromatic rings. The molecule has 0 bridgehead atoms. The minimum Gasteiger partial charge on any atom is -0.411 e. The number of anilines is 1. The summed E-state index contributed by atoms with van der Waals surface area (Å²) in [6.07, 6.45) is 1.74. The van der Waals surface area contributed by atoms with Gasteiger partial charge in [0.05, 0.1) is 27.6 Å². The van der Waals surface area contributed by atoms with E-state index in [-0.39, 0.29) is 0 Å². The molecule has 1 saturated heterocycles. The molecule has 1 fully saturated rings. The highest BCUT2D eigenvalue weighted by molar-refractivity contribution is 5.89. The summed E-state index contributed by atoms with van der Waals surface area (Å²) in [5.41, 5.74) is 6.04. The summed E-state index contributed by atoms with van der Waals surface area (Å²) in [6, 6.07) is 15.7. The Labute approximate surface area is 189 Å². The van der Waals surface area contributed by atoms with E-state index in [1.165, 1.54) is 0 Å². The molecule has 0 saturated carbocycles. The van der Waals surface area contributed by atoms with Crippen LogP contribution in [-0.2, 0) is 0 Å². The lowest BCUT2D eigenvalue weighted by atomic mass is 10.1. The highest BCUT2D eigenvalue weighted by Gasteiger charge is 2.18. The molecule has 0 spiro atoms. The number of pyridine rings is 1. The fourth-order valence-electron chi connectivity index (χ4n) is 4.25. The Balaban J connectivity index is 1.39. The number of fused-ring (bicyclic) bond motifs is 2. The van der Waals surface area contributed by atoms with Crippen molar-refractivity contribution in [1.29, 1.82) is 0 Å². The van der Waals surface area contributed by atoms with Crippen molar-refractivity contribution in [3.05, 3.63) is 54.7 Å². The van der Waals surface area contributed by atoms with Crippen LogP contribution in [0.1, 0.15) is 0 Å². The second kappa shape index (κ2) is 7.85. The van der Waals surface area contributed by atoms with Gasteiger partial charge >= 0.3 is 0 Å². The lowest BCUT2D eigenvalue weighted by Gasteiger charge is -2.33. The van der Waals surface area contributed by atoms with Crippen LogP contribution in [0.25, 0.3) is 45.0 Å². The van der Waals surface area contributed by atoms with Gasteiger partial charge in [0.1, 0.15) is 11.5 Å². The van der Waals surface area contributed by atoms with Gasteiger partial charge in [-0.15, -0.1) is 0 Å². The highest BCUT2D eigenvalue weighted by atomic mass is 16.6. The Kier molecular flexibility index (Phi) is 4.68. The maximum absolute atomic E-state index is 5.89. The molecule has 166 valence electrons. The Hall–Kier alpha value is -3.99. The Morgan fingerprint density at radius 1 is 0.848 bits per heavy atom. The number of aromatic amines is 2. The van der Waals surface area contributed by atoms with Gasteiger partial charge < -0.3 is 19.7 Å². The van der Waals surface area contributed by atoms with Crippen LogP contribution >= 0.6 is 0 Å². The standard InChI is InChI=1S/C23H23N9O/c24-32-9-7-31(8-10-32)14-4-5-16-18(11-14)28-22(27-16)15-12-19-20(13-21(15)33-25)30-23(29-19)17-3-1-2-6-26-17/h1-6,11-13H,7-10,24-25H2,(H,27,28)(H,29,30). The summed E-state index contributed by atoms with van der Waals surface area (Å²) >= 11 is 0. The third-order valence-corrected chi connectivity index (χ3v) is 6.02. The number of imidazole rings is 2. The Morgan fingerprint density at radius 3 is 2.42 bits per heavy atom. The minimum atomic E-state index is 0.486. The monoisotopic (exact) mass is 441 g/mol. The van der Waals surface area contributed by atoms with Gasteiger partial charge in [-0.2, -0.15) is 5.90 Å². The number of hydrazine groups is 1. The van der Waals surface area contributed by atoms with Crippen molar-refractivity contribution < 1.29 is 4.84 Å². The molecule has 6 rings (SSSR count). The van der Waals surface area contributed by atoms with Crippen molar-refractivity contribution in [2.45, 2.75) is 0 Å². The lowest BCUT2D eigenvalue weighted by Crippen LogP contribution is -2.49. The summed E-state index contributed by atoms with van der Waals surface area (Å²) in [5.74, 6) is 13.3. The van der Waals surface area contributed by atoms with Crippen LogP contribution in [0.5, 0.6) is 5.75 Å². The molecule has 33 heavy (non-hydrogen) atoms. The Morgan fingerprint density at radius 2 is 1.64 bits per heavy atom. The van der Waals surface area contributed by atoms with Crippen LogP contribution in [0, 0.1) is 0 Å². The van der Waals surface area contributed by atoms with E-state index < -0.39 is 0 Å². The van der Waals surface area contributed by atoms with Gasteiger partial charge in [-0.3, -0.25) is 10.8 Å². The molecular weight excluding hydrogens is 418 g/mol. The van der Waals surface area contributed by atoms with Gasteiger partial charge in [0, 0.05) is 44.1 Å². The number of H-pyrrole nitrogens is 2. The third-order valence-electron chi connectivity index (χ3n) is 6.02. The van der Waals surface area contributed by atoms with Gasteiger partial charge in [0.15, 0.2) is 11.6 Å². The van der Waals surface area contributed by atoms with E-state index >= 15 is 0 Å². The summed E-state index contributed by atoms with van der Waals surface area (Å²) in [4.78, 5) is 28.1. The van der Waals surface area contributed by atoms with E-state index in [1.54, 1.807) is 12.3 Å². The van der Waals surface area contributed by atoms with Gasteiger partial charge in [-0.05, 0) is 36.4 Å². The average Bonchev–Trinajstić information content (AvgIpc) is 3.47. The fourth-order valence-corrected chi connectivity index (χ4v) is 4.25. The normalized spacial score (nSPS) is 14.9. The summed E-state index contributed by atoms with van der Waals surface area (Å²) in [7, 11) is 0. The number of nitrogens with two attached hydrogens (primary N) is 2. The maximum atomic E-state index is 5.89. The molecule has 0 atom stereocenters. The number of rotatable bonds is 4.